The lowest BCUT2D eigenvalue weighted by Gasteiger charge is -2.64. The van der Waals surface area contributed by atoms with Crippen LogP contribution in [0.2, 0.25) is 0 Å². The van der Waals surface area contributed by atoms with Gasteiger partial charge in [-0.25, -0.2) is 0 Å². The van der Waals surface area contributed by atoms with Gasteiger partial charge in [-0.05, 0) is 44.9 Å². The topological polar surface area (TPSA) is 69.6 Å². The monoisotopic (exact) mass is 278 g/mol. The van der Waals surface area contributed by atoms with Crippen LogP contribution in [0, 0.1) is 11.3 Å². The third-order valence-electron chi connectivity index (χ3n) is 6.60. The molecule has 2 aliphatic carbocycles. The number of amides is 2. The van der Waals surface area contributed by atoms with Gasteiger partial charge in [0.25, 0.3) is 0 Å². The largest absolute Gasteiger partial charge is 0.391 e. The minimum atomic E-state index is -0.713. The van der Waals surface area contributed by atoms with Crippen LogP contribution in [-0.4, -0.2) is 46.6 Å². The summed E-state index contributed by atoms with van der Waals surface area (Å²) in [5, 5.41) is 13.8. The average Bonchev–Trinajstić information content (AvgIpc) is 2.40. The standard InChI is InChI=1S/C15H22N2O3/c1-17-10-5-7-14(13(17)20)6-2-3-11(18)15(14)8-4-9(10)12(19)16-15/h9-11,18H,2-8H2,1H3,(H,16,19)/t9-,10-,11-,14-,15-/m0/s1. The van der Waals surface area contributed by atoms with Gasteiger partial charge in [-0.2, -0.15) is 0 Å². The second-order valence-electron chi connectivity index (χ2n) is 7.12. The Morgan fingerprint density at radius 3 is 2.75 bits per heavy atom. The number of rotatable bonds is 0. The van der Waals surface area contributed by atoms with Crippen LogP contribution < -0.4 is 5.32 Å². The van der Waals surface area contributed by atoms with E-state index in [1.165, 1.54) is 0 Å². The summed E-state index contributed by atoms with van der Waals surface area (Å²) < 4.78 is 0. The third-order valence-corrected chi connectivity index (χ3v) is 6.60. The fourth-order valence-corrected chi connectivity index (χ4v) is 5.55. The summed E-state index contributed by atoms with van der Waals surface area (Å²) >= 11 is 0. The summed E-state index contributed by atoms with van der Waals surface area (Å²) in [6.45, 7) is 0. The molecule has 7 aliphatic rings. The van der Waals surface area contributed by atoms with Gasteiger partial charge in [0.1, 0.15) is 0 Å². The Labute approximate surface area is 118 Å². The SMILES string of the molecule is CN1C(=O)[C@@]23CCC[C@H](O)[C@@]24CC[C@H](C(=O)N4)[C@@H]1CC3. The van der Waals surface area contributed by atoms with Crippen LogP contribution in [0.4, 0.5) is 0 Å². The zero-order chi connectivity index (χ0) is 14.1. The molecule has 0 aromatic rings. The van der Waals surface area contributed by atoms with Crippen molar-refractivity contribution in [2.75, 3.05) is 7.05 Å². The van der Waals surface area contributed by atoms with Crippen LogP contribution in [0.5, 0.6) is 0 Å². The van der Waals surface area contributed by atoms with Crippen molar-refractivity contribution < 1.29 is 14.7 Å². The smallest absolute Gasteiger partial charge is 0.231 e. The first kappa shape index (κ1) is 12.6. The highest BCUT2D eigenvalue weighted by atomic mass is 16.3. The zero-order valence-electron chi connectivity index (χ0n) is 11.9. The van der Waals surface area contributed by atoms with Gasteiger partial charge in [0.15, 0.2) is 0 Å². The number of nitrogens with zero attached hydrogens (tertiary/aromatic N) is 1. The Morgan fingerprint density at radius 1 is 1.20 bits per heavy atom. The molecule has 7 rings (SSSR count). The van der Waals surface area contributed by atoms with Gasteiger partial charge in [0.05, 0.1) is 23.0 Å². The zero-order valence-corrected chi connectivity index (χ0v) is 11.9. The van der Waals surface area contributed by atoms with Gasteiger partial charge in [-0.3, -0.25) is 9.59 Å². The number of carbonyl (C=O) groups excluding carboxylic acids is 2. The summed E-state index contributed by atoms with van der Waals surface area (Å²) in [7, 11) is 1.84. The normalized spacial score (nSPS) is 50.5. The summed E-state index contributed by atoms with van der Waals surface area (Å²) in [5.41, 5.74) is -1.29. The summed E-state index contributed by atoms with van der Waals surface area (Å²) in [6.07, 6.45) is 5.02. The van der Waals surface area contributed by atoms with E-state index in [9.17, 15) is 14.7 Å². The van der Waals surface area contributed by atoms with Gasteiger partial charge < -0.3 is 15.3 Å². The molecule has 5 nitrogen and oxygen atoms in total. The summed E-state index contributed by atoms with van der Waals surface area (Å²) in [4.78, 5) is 27.3. The second-order valence-corrected chi connectivity index (χ2v) is 7.12. The Morgan fingerprint density at radius 2 is 2.00 bits per heavy atom. The number of aliphatic hydroxyl groups is 1. The van der Waals surface area contributed by atoms with Crippen molar-refractivity contribution in [3.05, 3.63) is 0 Å². The molecule has 2 spiro atoms. The molecular weight excluding hydrogens is 256 g/mol. The summed E-state index contributed by atoms with van der Waals surface area (Å²) in [6, 6.07) is 0.0468. The van der Waals surface area contributed by atoms with E-state index in [2.05, 4.69) is 5.32 Å². The van der Waals surface area contributed by atoms with E-state index in [1.807, 2.05) is 11.9 Å². The molecule has 2 N–H and O–H groups in total. The van der Waals surface area contributed by atoms with Crippen LogP contribution in [0.3, 0.4) is 0 Å². The first-order valence-corrected chi connectivity index (χ1v) is 7.79. The van der Waals surface area contributed by atoms with Gasteiger partial charge in [0, 0.05) is 13.1 Å². The number of piperidine rings is 2. The van der Waals surface area contributed by atoms with E-state index in [-0.39, 0.29) is 23.8 Å². The molecule has 0 radical (unpaired) electrons. The molecule has 5 heteroatoms. The van der Waals surface area contributed by atoms with Gasteiger partial charge in [0.2, 0.25) is 11.8 Å². The molecule has 0 unspecified atom stereocenters. The number of nitrogens with one attached hydrogen (secondary N) is 1. The number of aliphatic hydroxyl groups excluding tert-OH is 1. The molecule has 5 aliphatic heterocycles. The van der Waals surface area contributed by atoms with E-state index in [0.29, 0.717) is 6.42 Å². The lowest BCUT2D eigenvalue weighted by atomic mass is 9.50. The molecule has 5 saturated heterocycles. The maximum Gasteiger partial charge on any atom is 0.231 e. The van der Waals surface area contributed by atoms with E-state index >= 15 is 0 Å². The molecule has 2 saturated carbocycles. The Hall–Kier alpha value is -1.10. The molecule has 0 aromatic heterocycles. The third kappa shape index (κ3) is 1.19. The van der Waals surface area contributed by atoms with Crippen molar-refractivity contribution in [1.82, 2.24) is 10.2 Å². The molecule has 110 valence electrons. The van der Waals surface area contributed by atoms with E-state index in [0.717, 1.165) is 38.5 Å². The highest BCUT2D eigenvalue weighted by molar-refractivity contribution is 5.91. The maximum absolute atomic E-state index is 13.0. The summed E-state index contributed by atoms with van der Waals surface area (Å²) in [5.74, 6) is 0.102. The van der Waals surface area contributed by atoms with Crippen molar-refractivity contribution >= 4 is 11.8 Å². The molecule has 0 aromatic carbocycles. The van der Waals surface area contributed by atoms with Crippen LogP contribution in [0.1, 0.15) is 44.9 Å². The molecule has 7 fully saturated rings. The number of carbonyl (C=O) groups is 2. The quantitative estimate of drug-likeness (QED) is 0.674. The van der Waals surface area contributed by atoms with Crippen LogP contribution >= 0.6 is 0 Å². The molecule has 5 atom stereocenters. The van der Waals surface area contributed by atoms with Crippen molar-refractivity contribution in [2.24, 2.45) is 11.3 Å². The van der Waals surface area contributed by atoms with Gasteiger partial charge in [-0.1, -0.05) is 0 Å². The lowest BCUT2D eigenvalue weighted by molar-refractivity contribution is -0.189. The minimum absolute atomic E-state index is 0.0468. The Balaban J connectivity index is 1.93. The molecular formula is C15H22N2O3. The average molecular weight is 278 g/mol. The first-order chi connectivity index (χ1) is 9.52. The van der Waals surface area contributed by atoms with Crippen molar-refractivity contribution in [3.8, 4) is 0 Å². The Bertz CT molecular complexity index is 494. The lowest BCUT2D eigenvalue weighted by Crippen LogP contribution is -2.79. The van der Waals surface area contributed by atoms with Crippen molar-refractivity contribution in [1.29, 1.82) is 0 Å². The molecule has 2 amide bonds. The van der Waals surface area contributed by atoms with Gasteiger partial charge in [-0.15, -0.1) is 0 Å². The van der Waals surface area contributed by atoms with Crippen LogP contribution in [0.15, 0.2) is 0 Å². The van der Waals surface area contributed by atoms with E-state index in [4.69, 9.17) is 0 Å². The predicted molar refractivity (Wildman–Crippen MR) is 71.7 cm³/mol. The molecule has 5 heterocycles. The molecule has 4 bridgehead atoms. The van der Waals surface area contributed by atoms with Crippen molar-refractivity contribution in [2.45, 2.75) is 62.6 Å². The minimum Gasteiger partial charge on any atom is -0.391 e. The fraction of sp³-hybridized carbons (Fsp3) is 0.867. The van der Waals surface area contributed by atoms with Gasteiger partial charge >= 0.3 is 0 Å². The van der Waals surface area contributed by atoms with Crippen molar-refractivity contribution in [3.63, 3.8) is 0 Å². The molecule has 20 heavy (non-hydrogen) atoms. The second kappa shape index (κ2) is 3.75. The van der Waals surface area contributed by atoms with Crippen LogP contribution in [-0.2, 0) is 9.59 Å². The maximum atomic E-state index is 13.0. The number of hydrogen-bond donors (Lipinski definition) is 2. The highest BCUT2D eigenvalue weighted by Gasteiger charge is 2.68. The van der Waals surface area contributed by atoms with Crippen LogP contribution in [0.25, 0.3) is 0 Å². The number of hydrogen-bond acceptors (Lipinski definition) is 3. The first-order valence-electron chi connectivity index (χ1n) is 7.79. The Kier molecular flexibility index (Phi) is 2.37. The fourth-order valence-electron chi connectivity index (χ4n) is 5.55. The van der Waals surface area contributed by atoms with E-state index in [1.54, 1.807) is 0 Å². The highest BCUT2D eigenvalue weighted by Crippen LogP contribution is 2.58. The predicted octanol–water partition coefficient (Wildman–Crippen LogP) is 0.417. The van der Waals surface area contributed by atoms with E-state index < -0.39 is 17.1 Å².